The molecule has 1 aliphatic carbocycles. The highest BCUT2D eigenvalue weighted by Crippen LogP contribution is 2.35. The van der Waals surface area contributed by atoms with Crippen LogP contribution in [0.5, 0.6) is 0 Å². The van der Waals surface area contributed by atoms with Crippen molar-refractivity contribution in [1.29, 1.82) is 0 Å². The molecule has 0 aromatic rings. The molecule has 0 aliphatic heterocycles. The molecule has 1 saturated carbocycles. The molecule has 1 aliphatic rings. The van der Waals surface area contributed by atoms with Crippen LogP contribution in [0.1, 0.15) is 33.6 Å². The molecule has 1 rings (SSSR count). The Morgan fingerprint density at radius 2 is 1.85 bits per heavy atom. The molecular weight excluding hydrogens is 178 g/mol. The predicted molar refractivity (Wildman–Crippen MR) is 62.4 cm³/mol. The van der Waals surface area contributed by atoms with Gasteiger partial charge in [-0.3, -0.25) is 0 Å². The Bertz CT molecular complexity index is 150. The van der Waals surface area contributed by atoms with Crippen LogP contribution in [0, 0.1) is 11.8 Å². The first-order chi connectivity index (χ1) is 6.00. The van der Waals surface area contributed by atoms with E-state index >= 15 is 0 Å². The monoisotopic (exact) mass is 201 g/mol. The molecule has 1 atom stereocenters. The van der Waals surface area contributed by atoms with Gasteiger partial charge in [-0.25, -0.2) is 0 Å². The van der Waals surface area contributed by atoms with Crippen molar-refractivity contribution >= 4 is 12.6 Å². The molecule has 0 saturated heterocycles. The van der Waals surface area contributed by atoms with Crippen molar-refractivity contribution in [1.82, 2.24) is 4.90 Å². The third-order valence-corrected chi connectivity index (χ3v) is 3.53. The molecule has 0 radical (unpaired) electrons. The van der Waals surface area contributed by atoms with Crippen molar-refractivity contribution in [3.8, 4) is 0 Å². The highest BCUT2D eigenvalue weighted by Gasteiger charge is 2.33. The third-order valence-electron chi connectivity index (χ3n) is 3.11. The first-order valence-corrected chi connectivity index (χ1v) is 5.90. The standard InChI is InChI=1S/C11H23NS/c1-8(2)7-12(4)11-5-10(6-11)9(3)13/h8-11,13H,5-7H2,1-4H3/t9?,10-,11-. The molecule has 0 spiro atoms. The smallest absolute Gasteiger partial charge is 0.00984 e. The Balaban J connectivity index is 2.19. The van der Waals surface area contributed by atoms with Crippen LogP contribution < -0.4 is 0 Å². The minimum absolute atomic E-state index is 0.587. The Labute approximate surface area is 88.3 Å². The van der Waals surface area contributed by atoms with Gasteiger partial charge in [0, 0.05) is 17.8 Å². The molecule has 0 aromatic carbocycles. The molecule has 0 N–H and O–H groups in total. The molecule has 2 heteroatoms. The van der Waals surface area contributed by atoms with Crippen molar-refractivity contribution in [3.63, 3.8) is 0 Å². The lowest BCUT2D eigenvalue weighted by molar-refractivity contribution is 0.0924. The Morgan fingerprint density at radius 3 is 2.23 bits per heavy atom. The van der Waals surface area contributed by atoms with Crippen molar-refractivity contribution in [2.24, 2.45) is 11.8 Å². The maximum absolute atomic E-state index is 4.48. The summed E-state index contributed by atoms with van der Waals surface area (Å²) in [5, 5.41) is 0.587. The summed E-state index contributed by atoms with van der Waals surface area (Å²) in [7, 11) is 2.25. The minimum atomic E-state index is 0.587. The van der Waals surface area contributed by atoms with E-state index in [2.05, 4.69) is 45.3 Å². The summed E-state index contributed by atoms with van der Waals surface area (Å²) < 4.78 is 0. The Morgan fingerprint density at radius 1 is 1.31 bits per heavy atom. The maximum Gasteiger partial charge on any atom is 0.00984 e. The summed E-state index contributed by atoms with van der Waals surface area (Å²) in [6.07, 6.45) is 2.71. The number of hydrogen-bond acceptors (Lipinski definition) is 2. The molecule has 0 bridgehead atoms. The minimum Gasteiger partial charge on any atom is -0.303 e. The SMILES string of the molecule is CC(C)CN(C)[C@H]1C[C@H](C(C)S)C1. The zero-order valence-electron chi connectivity index (χ0n) is 9.33. The van der Waals surface area contributed by atoms with Crippen molar-refractivity contribution < 1.29 is 0 Å². The van der Waals surface area contributed by atoms with Crippen LogP contribution in [0.2, 0.25) is 0 Å². The normalized spacial score (nSPS) is 30.7. The lowest BCUT2D eigenvalue weighted by Gasteiger charge is -2.43. The molecule has 1 unspecified atom stereocenters. The van der Waals surface area contributed by atoms with E-state index in [4.69, 9.17) is 0 Å². The van der Waals surface area contributed by atoms with Gasteiger partial charge < -0.3 is 4.90 Å². The van der Waals surface area contributed by atoms with Gasteiger partial charge >= 0.3 is 0 Å². The molecule has 0 amide bonds. The van der Waals surface area contributed by atoms with E-state index in [1.54, 1.807) is 0 Å². The van der Waals surface area contributed by atoms with Crippen LogP contribution in [-0.2, 0) is 0 Å². The van der Waals surface area contributed by atoms with E-state index in [9.17, 15) is 0 Å². The molecule has 1 fully saturated rings. The summed E-state index contributed by atoms with van der Waals surface area (Å²) >= 11 is 4.48. The molecule has 13 heavy (non-hydrogen) atoms. The Hall–Kier alpha value is 0.310. The van der Waals surface area contributed by atoms with Gasteiger partial charge in [-0.2, -0.15) is 12.6 Å². The number of rotatable bonds is 4. The predicted octanol–water partition coefficient (Wildman–Crippen LogP) is 2.67. The first-order valence-electron chi connectivity index (χ1n) is 5.39. The van der Waals surface area contributed by atoms with Gasteiger partial charge in [-0.1, -0.05) is 20.8 Å². The van der Waals surface area contributed by atoms with E-state index in [1.165, 1.54) is 19.4 Å². The van der Waals surface area contributed by atoms with E-state index in [0.717, 1.165) is 17.9 Å². The van der Waals surface area contributed by atoms with Crippen LogP contribution in [0.15, 0.2) is 0 Å². The van der Waals surface area contributed by atoms with Gasteiger partial charge in [0.2, 0.25) is 0 Å². The van der Waals surface area contributed by atoms with Crippen LogP contribution in [-0.4, -0.2) is 29.8 Å². The highest BCUT2D eigenvalue weighted by molar-refractivity contribution is 7.80. The lowest BCUT2D eigenvalue weighted by atomic mass is 9.77. The first kappa shape index (κ1) is 11.4. The summed E-state index contributed by atoms with van der Waals surface area (Å²) in [6.45, 7) is 8.02. The van der Waals surface area contributed by atoms with E-state index in [0.29, 0.717) is 5.25 Å². The quantitative estimate of drug-likeness (QED) is 0.684. The zero-order chi connectivity index (χ0) is 10.0. The molecule has 0 heterocycles. The van der Waals surface area contributed by atoms with Gasteiger partial charge in [-0.05, 0) is 31.7 Å². The van der Waals surface area contributed by atoms with Gasteiger partial charge in [0.25, 0.3) is 0 Å². The second kappa shape index (κ2) is 4.70. The highest BCUT2D eigenvalue weighted by atomic mass is 32.1. The van der Waals surface area contributed by atoms with Gasteiger partial charge in [-0.15, -0.1) is 0 Å². The van der Waals surface area contributed by atoms with Crippen molar-refractivity contribution in [2.75, 3.05) is 13.6 Å². The second-order valence-corrected chi connectivity index (χ2v) is 5.77. The largest absolute Gasteiger partial charge is 0.303 e. The van der Waals surface area contributed by atoms with Gasteiger partial charge in [0.15, 0.2) is 0 Å². The Kier molecular flexibility index (Phi) is 4.11. The van der Waals surface area contributed by atoms with E-state index in [-0.39, 0.29) is 0 Å². The number of nitrogens with zero attached hydrogens (tertiary/aromatic N) is 1. The van der Waals surface area contributed by atoms with Crippen molar-refractivity contribution in [3.05, 3.63) is 0 Å². The van der Waals surface area contributed by atoms with E-state index < -0.39 is 0 Å². The number of hydrogen-bond donors (Lipinski definition) is 1. The average molecular weight is 201 g/mol. The number of thiol groups is 1. The van der Waals surface area contributed by atoms with Crippen molar-refractivity contribution in [2.45, 2.75) is 44.9 Å². The summed E-state index contributed by atoms with van der Waals surface area (Å²) in [6, 6.07) is 0.835. The van der Waals surface area contributed by atoms with Gasteiger partial charge in [0.1, 0.15) is 0 Å². The van der Waals surface area contributed by atoms with Crippen LogP contribution in [0.4, 0.5) is 0 Å². The average Bonchev–Trinajstić information content (AvgIpc) is 1.79. The molecule has 0 aromatic heterocycles. The fourth-order valence-corrected chi connectivity index (χ4v) is 2.35. The fourth-order valence-electron chi connectivity index (χ4n) is 2.11. The topological polar surface area (TPSA) is 3.24 Å². The lowest BCUT2D eigenvalue weighted by Crippen LogP contribution is -2.46. The summed E-state index contributed by atoms with van der Waals surface area (Å²) in [5.74, 6) is 1.65. The van der Waals surface area contributed by atoms with Crippen LogP contribution in [0.25, 0.3) is 0 Å². The summed E-state index contributed by atoms with van der Waals surface area (Å²) in [5.41, 5.74) is 0. The second-order valence-electron chi connectivity index (χ2n) is 4.96. The maximum atomic E-state index is 4.48. The van der Waals surface area contributed by atoms with E-state index in [1.807, 2.05) is 0 Å². The van der Waals surface area contributed by atoms with Crippen LogP contribution >= 0.6 is 12.6 Å². The zero-order valence-corrected chi connectivity index (χ0v) is 10.2. The van der Waals surface area contributed by atoms with Gasteiger partial charge in [0.05, 0.1) is 0 Å². The summed E-state index contributed by atoms with van der Waals surface area (Å²) in [4.78, 5) is 2.51. The third kappa shape index (κ3) is 3.17. The van der Waals surface area contributed by atoms with Crippen LogP contribution in [0.3, 0.4) is 0 Å². The molecular formula is C11H23NS. The molecule has 1 nitrogen and oxygen atoms in total. The fraction of sp³-hybridized carbons (Fsp3) is 1.00. The molecule has 78 valence electrons.